The molecule has 0 bridgehead atoms. The number of unbranched alkanes of at least 4 members (excludes halogenated alkanes) is 1. The second-order valence-electron chi connectivity index (χ2n) is 10.3. The summed E-state index contributed by atoms with van der Waals surface area (Å²) in [5, 5.41) is 16.8. The summed E-state index contributed by atoms with van der Waals surface area (Å²) in [4.78, 5) is 43.7. The summed E-state index contributed by atoms with van der Waals surface area (Å²) < 4.78 is 6.22. The van der Waals surface area contributed by atoms with Crippen LogP contribution in [-0.4, -0.2) is 51.1 Å². The number of carbonyl (C=O) groups excluding carboxylic acids is 2. The number of thiophene rings is 2. The number of alkyl carbamates (subject to hydrolysis) is 1. The highest BCUT2D eigenvalue weighted by Gasteiger charge is 2.39. The van der Waals surface area contributed by atoms with Crippen LogP contribution in [0, 0.1) is 0 Å². The molecule has 2 aromatic heterocycles. The summed E-state index contributed by atoms with van der Waals surface area (Å²) in [6.07, 6.45) is -0.188. The Morgan fingerprint density at radius 1 is 0.975 bits per heavy atom. The molecule has 0 radical (unpaired) electrons. The lowest BCUT2D eigenvalue weighted by Gasteiger charge is -2.40. The van der Waals surface area contributed by atoms with Crippen molar-refractivity contribution in [2.45, 2.75) is 71.3 Å². The quantitative estimate of drug-likeness (QED) is 0.189. The fourth-order valence-electron chi connectivity index (χ4n) is 4.29. The monoisotopic (exact) mass is 649 g/mol. The molecule has 3 rings (SSSR count). The first-order valence-corrected chi connectivity index (χ1v) is 15.6. The van der Waals surface area contributed by atoms with E-state index in [1.807, 2.05) is 59.3 Å². The smallest absolute Gasteiger partial charge is 0.408 e. The van der Waals surface area contributed by atoms with E-state index in [0.717, 1.165) is 19.8 Å². The van der Waals surface area contributed by atoms with Crippen LogP contribution in [0.5, 0.6) is 0 Å². The van der Waals surface area contributed by atoms with E-state index in [1.165, 1.54) is 4.90 Å². The molecule has 0 aliphatic carbocycles. The maximum Gasteiger partial charge on any atom is 0.408 e. The van der Waals surface area contributed by atoms with Gasteiger partial charge in [0.1, 0.15) is 12.6 Å². The molecule has 8 nitrogen and oxygen atoms in total. The molecule has 0 unspecified atom stereocenters. The number of nitrogens with zero attached hydrogens (tertiary/aromatic N) is 2. The third-order valence-electron chi connectivity index (χ3n) is 6.15. The van der Waals surface area contributed by atoms with Gasteiger partial charge in [-0.15, -0.1) is 22.7 Å². The Balaban J connectivity index is 1.63. The number of ether oxygens (including phenoxy) is 1. The third-order valence-corrected chi connectivity index (χ3v) is 8.40. The van der Waals surface area contributed by atoms with Crippen LogP contribution in [0.25, 0.3) is 0 Å². The second-order valence-corrected chi connectivity index (χ2v) is 13.3. The molecule has 0 spiro atoms. The molecule has 11 heteroatoms. The van der Waals surface area contributed by atoms with Crippen molar-refractivity contribution in [3.05, 3.63) is 79.1 Å². The van der Waals surface area contributed by atoms with Crippen LogP contribution < -0.4 is 5.32 Å². The van der Waals surface area contributed by atoms with E-state index < -0.39 is 23.8 Å². The number of nitrogens with one attached hydrogen (secondary N) is 1. The first-order valence-electron chi connectivity index (χ1n) is 13.1. The predicted molar refractivity (Wildman–Crippen MR) is 162 cm³/mol. The highest BCUT2D eigenvalue weighted by atomic mass is 79.9. The molecular formula is C29H36BrN3O5S2. The molecule has 0 fully saturated rings. The number of carbonyl (C=O) groups is 3. The Hall–Kier alpha value is -2.89. The molecule has 0 saturated carbocycles. The van der Waals surface area contributed by atoms with Crippen molar-refractivity contribution in [2.75, 3.05) is 6.54 Å². The van der Waals surface area contributed by atoms with E-state index >= 15 is 0 Å². The van der Waals surface area contributed by atoms with Gasteiger partial charge in [0.15, 0.2) is 0 Å². The van der Waals surface area contributed by atoms with Crippen molar-refractivity contribution in [3.63, 3.8) is 0 Å². The van der Waals surface area contributed by atoms with E-state index in [2.05, 4.69) is 21.2 Å². The van der Waals surface area contributed by atoms with Gasteiger partial charge in [0.05, 0.1) is 13.1 Å². The Kier molecular flexibility index (Phi) is 12.0. The predicted octanol–water partition coefficient (Wildman–Crippen LogP) is 7.34. The van der Waals surface area contributed by atoms with Crippen LogP contribution in [-0.2, 0) is 29.2 Å². The molecular weight excluding hydrogens is 614 g/mol. The fourth-order valence-corrected chi connectivity index (χ4v) is 5.99. The average Bonchev–Trinajstić information content (AvgIpc) is 3.60. The van der Waals surface area contributed by atoms with E-state index in [1.54, 1.807) is 48.3 Å². The van der Waals surface area contributed by atoms with Crippen LogP contribution in [0.2, 0.25) is 0 Å². The van der Waals surface area contributed by atoms with Gasteiger partial charge < -0.3 is 20.1 Å². The zero-order chi connectivity index (χ0) is 29.1. The van der Waals surface area contributed by atoms with E-state index in [-0.39, 0.29) is 12.5 Å². The minimum Gasteiger partial charge on any atom is -0.465 e. The van der Waals surface area contributed by atoms with Gasteiger partial charge in [0, 0.05) is 26.3 Å². The van der Waals surface area contributed by atoms with Crippen LogP contribution in [0.3, 0.4) is 0 Å². The Bertz CT molecular complexity index is 1180. The summed E-state index contributed by atoms with van der Waals surface area (Å²) in [5.74, 6) is -0.221. The lowest BCUT2D eigenvalue weighted by molar-refractivity contribution is -0.139. The average molecular weight is 651 g/mol. The van der Waals surface area contributed by atoms with Crippen LogP contribution in [0.4, 0.5) is 9.59 Å². The number of hydrogen-bond acceptors (Lipinski definition) is 6. The highest BCUT2D eigenvalue weighted by Crippen LogP contribution is 2.25. The number of benzene rings is 1. The van der Waals surface area contributed by atoms with Crippen molar-refractivity contribution in [1.29, 1.82) is 0 Å². The summed E-state index contributed by atoms with van der Waals surface area (Å²) in [6, 6.07) is 14.5. The number of carboxylic acid groups (broad SMARTS) is 1. The van der Waals surface area contributed by atoms with Gasteiger partial charge in [0.2, 0.25) is 5.91 Å². The van der Waals surface area contributed by atoms with Crippen LogP contribution >= 0.6 is 38.6 Å². The van der Waals surface area contributed by atoms with Gasteiger partial charge in [-0.3, -0.25) is 9.69 Å². The molecule has 3 aromatic rings. The van der Waals surface area contributed by atoms with Gasteiger partial charge in [-0.1, -0.05) is 40.2 Å². The lowest BCUT2D eigenvalue weighted by Crippen LogP contribution is -2.57. The van der Waals surface area contributed by atoms with Crippen LogP contribution in [0.1, 0.15) is 55.4 Å². The zero-order valence-electron chi connectivity index (χ0n) is 23.0. The Morgan fingerprint density at radius 2 is 1.57 bits per heavy atom. The highest BCUT2D eigenvalue weighted by molar-refractivity contribution is 9.10. The van der Waals surface area contributed by atoms with Gasteiger partial charge in [-0.25, -0.2) is 9.59 Å². The molecule has 216 valence electrons. The second kappa shape index (κ2) is 15.2. The van der Waals surface area contributed by atoms with Gasteiger partial charge >= 0.3 is 12.2 Å². The summed E-state index contributed by atoms with van der Waals surface area (Å²) in [5.41, 5.74) is 0.101. The molecule has 3 amide bonds. The molecule has 0 aliphatic rings. The number of rotatable bonds is 13. The Morgan fingerprint density at radius 3 is 2.08 bits per heavy atom. The Labute approximate surface area is 252 Å². The van der Waals surface area contributed by atoms with Crippen molar-refractivity contribution < 1.29 is 24.2 Å². The fraction of sp³-hybridized carbons (Fsp3) is 0.414. The third kappa shape index (κ3) is 9.94. The SMILES string of the molecule is CC(C)(C)N(C(=O)O)[C@@H](CCCCNC(=O)OCc1ccc(Br)cc1)C(=O)N(Cc1cccs1)Cc1cccs1. The van der Waals surface area contributed by atoms with Crippen molar-refractivity contribution >= 4 is 56.7 Å². The zero-order valence-corrected chi connectivity index (χ0v) is 26.2. The summed E-state index contributed by atoms with van der Waals surface area (Å²) in [6.45, 7) is 6.74. The van der Waals surface area contributed by atoms with Gasteiger partial charge in [0.25, 0.3) is 0 Å². The minimum absolute atomic E-state index is 0.166. The van der Waals surface area contributed by atoms with Gasteiger partial charge in [-0.05, 0) is 80.6 Å². The van der Waals surface area contributed by atoms with Crippen molar-refractivity contribution in [2.24, 2.45) is 0 Å². The maximum atomic E-state index is 14.0. The van der Waals surface area contributed by atoms with Crippen molar-refractivity contribution in [3.8, 4) is 0 Å². The molecule has 1 aromatic carbocycles. The molecule has 1 atom stereocenters. The first-order chi connectivity index (χ1) is 19.0. The molecule has 0 saturated heterocycles. The number of hydrogen-bond donors (Lipinski definition) is 2. The number of amides is 3. The van der Waals surface area contributed by atoms with Crippen molar-refractivity contribution in [1.82, 2.24) is 15.1 Å². The molecule has 2 heterocycles. The van der Waals surface area contributed by atoms with Crippen LogP contribution in [0.15, 0.2) is 63.8 Å². The lowest BCUT2D eigenvalue weighted by atomic mass is 9.98. The first kappa shape index (κ1) is 31.6. The standard InChI is InChI=1S/C29H36BrN3O5S2/c1-29(2,3)33(28(36)37)25(10-4-5-15-31-27(35)38-20-21-11-13-22(30)14-12-21)26(34)32(18-23-8-6-16-39-23)19-24-9-7-17-40-24/h6-9,11-14,16-17,25H,4-5,10,15,18-20H2,1-3H3,(H,31,35)(H,36,37)/t25-/m0/s1. The minimum atomic E-state index is -1.13. The number of halogens is 1. The van der Waals surface area contributed by atoms with Gasteiger partial charge in [-0.2, -0.15) is 0 Å². The van der Waals surface area contributed by atoms with E-state index in [4.69, 9.17) is 4.74 Å². The maximum absolute atomic E-state index is 14.0. The largest absolute Gasteiger partial charge is 0.465 e. The van der Waals surface area contributed by atoms with E-state index in [9.17, 15) is 19.5 Å². The summed E-state index contributed by atoms with van der Waals surface area (Å²) >= 11 is 6.51. The molecule has 40 heavy (non-hydrogen) atoms. The van der Waals surface area contributed by atoms with E-state index in [0.29, 0.717) is 38.9 Å². The topological polar surface area (TPSA) is 99.2 Å². The summed E-state index contributed by atoms with van der Waals surface area (Å²) in [7, 11) is 0. The normalized spacial score (nSPS) is 12.0. The molecule has 0 aliphatic heterocycles. The molecule has 2 N–H and O–H groups in total.